The van der Waals surface area contributed by atoms with E-state index >= 15 is 0 Å². The van der Waals surface area contributed by atoms with Gasteiger partial charge in [-0.15, -0.1) is 10.2 Å². The van der Waals surface area contributed by atoms with Crippen LogP contribution in [0, 0.1) is 0 Å². The molecular weight excluding hydrogens is 755 g/mol. The summed E-state index contributed by atoms with van der Waals surface area (Å²) in [4.78, 5) is 9.39. The molecule has 8 heteroatoms. The van der Waals surface area contributed by atoms with Crippen molar-refractivity contribution in [2.24, 2.45) is 0 Å². The standard InChI is InChI=1S/C53H31N5O3/c1-3-15-37-32(11-1)13-9-19-44(37)57(34-23-26-41-39-17-5-7-21-46(39)59-48(41)29-34)35-25-28-43-50(30-35)61-52-51(43)55-56-53(54-52)58(45-20-10-14-33-12-2-4-16-38(33)45)36-24-27-42-40-18-6-8-22-47(40)60-49(42)31-36/h1-31H. The molecule has 8 nitrogen and oxygen atoms in total. The molecule has 61 heavy (non-hydrogen) atoms. The van der Waals surface area contributed by atoms with Gasteiger partial charge < -0.3 is 18.2 Å². The first-order chi connectivity index (χ1) is 30.2. The lowest BCUT2D eigenvalue weighted by atomic mass is 10.1. The summed E-state index contributed by atoms with van der Waals surface area (Å²) < 4.78 is 19.4. The third kappa shape index (κ3) is 5.22. The van der Waals surface area contributed by atoms with Gasteiger partial charge in [0.15, 0.2) is 5.52 Å². The predicted octanol–water partition coefficient (Wildman–Crippen LogP) is 14.8. The van der Waals surface area contributed by atoms with Crippen LogP contribution in [0.4, 0.5) is 34.4 Å². The first kappa shape index (κ1) is 33.5. The van der Waals surface area contributed by atoms with Crippen LogP contribution in [0.1, 0.15) is 0 Å². The van der Waals surface area contributed by atoms with Gasteiger partial charge in [-0.25, -0.2) is 0 Å². The molecule has 286 valence electrons. The Balaban J connectivity index is 0.981. The van der Waals surface area contributed by atoms with Gasteiger partial charge in [0.05, 0.1) is 22.4 Å². The summed E-state index contributed by atoms with van der Waals surface area (Å²) in [6.07, 6.45) is 0. The Hall–Kier alpha value is -8.49. The van der Waals surface area contributed by atoms with E-state index in [1.165, 1.54) is 0 Å². The molecule has 0 aliphatic rings. The first-order valence-electron chi connectivity index (χ1n) is 20.2. The predicted molar refractivity (Wildman–Crippen MR) is 246 cm³/mol. The van der Waals surface area contributed by atoms with Crippen molar-refractivity contribution in [3.8, 4) is 0 Å². The molecule has 0 aliphatic heterocycles. The summed E-state index contributed by atoms with van der Waals surface area (Å²) in [6.45, 7) is 0. The molecule has 13 aromatic rings. The summed E-state index contributed by atoms with van der Waals surface area (Å²) in [5, 5.41) is 19.1. The fourth-order valence-corrected chi connectivity index (χ4v) is 8.98. The maximum absolute atomic E-state index is 6.67. The number of anilines is 6. The average molecular weight is 786 g/mol. The van der Waals surface area contributed by atoms with Crippen molar-refractivity contribution in [1.82, 2.24) is 15.2 Å². The summed E-state index contributed by atoms with van der Waals surface area (Å²) in [5.41, 5.74) is 9.49. The van der Waals surface area contributed by atoms with Crippen molar-refractivity contribution in [2.75, 3.05) is 9.80 Å². The molecule has 0 radical (unpaired) electrons. The number of para-hydroxylation sites is 2. The second kappa shape index (κ2) is 13.0. The van der Waals surface area contributed by atoms with Crippen molar-refractivity contribution in [3.63, 3.8) is 0 Å². The molecule has 0 amide bonds. The van der Waals surface area contributed by atoms with Gasteiger partial charge in [-0.3, -0.25) is 4.90 Å². The van der Waals surface area contributed by atoms with Gasteiger partial charge in [0.25, 0.3) is 11.7 Å². The normalized spacial score (nSPS) is 11.9. The Morgan fingerprint density at radius 3 is 1.36 bits per heavy atom. The van der Waals surface area contributed by atoms with Gasteiger partial charge >= 0.3 is 0 Å². The third-order valence-electron chi connectivity index (χ3n) is 11.8. The van der Waals surface area contributed by atoms with Crippen LogP contribution >= 0.6 is 0 Å². The minimum atomic E-state index is 0.370. The van der Waals surface area contributed by atoms with Crippen molar-refractivity contribution < 1.29 is 13.3 Å². The zero-order valence-corrected chi connectivity index (χ0v) is 32.4. The van der Waals surface area contributed by atoms with E-state index in [0.717, 1.165) is 99.2 Å². The topological polar surface area (TPSA) is 84.6 Å². The summed E-state index contributed by atoms with van der Waals surface area (Å²) >= 11 is 0. The van der Waals surface area contributed by atoms with E-state index in [1.54, 1.807) is 0 Å². The molecule has 0 aliphatic carbocycles. The number of fused-ring (bicyclic) bond motifs is 11. The number of furan rings is 3. The SMILES string of the molecule is c1ccc2c(N(c3ccc4c(c3)oc3ccccc34)c3ccc4c(c3)oc3nc(N(c5ccc6c(c5)oc5ccccc56)c5cccc6ccccc56)nnc34)cccc2c1. The van der Waals surface area contributed by atoms with Crippen LogP contribution in [0.15, 0.2) is 201 Å². The fourth-order valence-electron chi connectivity index (χ4n) is 8.98. The fraction of sp³-hybridized carbons (Fsp3) is 0. The molecule has 0 saturated carbocycles. The first-order valence-corrected chi connectivity index (χ1v) is 20.2. The Labute approximate surface area is 347 Å². The Morgan fingerprint density at radius 1 is 0.328 bits per heavy atom. The molecule has 4 heterocycles. The minimum absolute atomic E-state index is 0.370. The maximum Gasteiger partial charge on any atom is 0.257 e. The van der Waals surface area contributed by atoms with Gasteiger partial charge in [-0.1, -0.05) is 109 Å². The van der Waals surface area contributed by atoms with Crippen LogP contribution in [-0.2, 0) is 0 Å². The second-order valence-electron chi connectivity index (χ2n) is 15.3. The van der Waals surface area contributed by atoms with Crippen LogP contribution in [0.3, 0.4) is 0 Å². The highest BCUT2D eigenvalue weighted by molar-refractivity contribution is 6.09. The van der Waals surface area contributed by atoms with E-state index in [1.807, 2.05) is 71.6 Å². The van der Waals surface area contributed by atoms with Crippen LogP contribution in [-0.4, -0.2) is 15.2 Å². The molecule has 0 N–H and O–H groups in total. The lowest BCUT2D eigenvalue weighted by Crippen LogP contribution is -2.14. The van der Waals surface area contributed by atoms with E-state index in [4.69, 9.17) is 28.4 Å². The van der Waals surface area contributed by atoms with Gasteiger partial charge in [0.1, 0.15) is 27.9 Å². The quantitative estimate of drug-likeness (QED) is 0.165. The highest BCUT2D eigenvalue weighted by Crippen LogP contribution is 2.44. The highest BCUT2D eigenvalue weighted by Gasteiger charge is 2.24. The van der Waals surface area contributed by atoms with E-state index in [0.29, 0.717) is 22.8 Å². The van der Waals surface area contributed by atoms with Crippen molar-refractivity contribution in [3.05, 3.63) is 188 Å². The summed E-state index contributed by atoms with van der Waals surface area (Å²) in [5.74, 6) is 0.370. The second-order valence-corrected chi connectivity index (χ2v) is 15.3. The monoisotopic (exact) mass is 785 g/mol. The Kier molecular flexibility index (Phi) is 7.14. The smallest absolute Gasteiger partial charge is 0.257 e. The Morgan fingerprint density at radius 2 is 0.770 bits per heavy atom. The minimum Gasteiger partial charge on any atom is -0.456 e. The lowest BCUT2D eigenvalue weighted by molar-refractivity contribution is 0.650. The van der Waals surface area contributed by atoms with Crippen molar-refractivity contribution >= 4 is 122 Å². The number of rotatable bonds is 6. The molecule has 0 spiro atoms. The molecule has 0 saturated heterocycles. The number of benzene rings is 9. The molecule has 13 rings (SSSR count). The van der Waals surface area contributed by atoms with E-state index in [9.17, 15) is 0 Å². The van der Waals surface area contributed by atoms with Gasteiger partial charge in [-0.2, -0.15) is 4.98 Å². The van der Waals surface area contributed by atoms with E-state index in [2.05, 4.69) is 126 Å². The molecule has 9 aromatic carbocycles. The van der Waals surface area contributed by atoms with Crippen LogP contribution in [0.25, 0.3) is 87.6 Å². The average Bonchev–Trinajstić information content (AvgIpc) is 3.99. The number of aromatic nitrogens is 3. The zero-order chi connectivity index (χ0) is 40.0. The van der Waals surface area contributed by atoms with Crippen molar-refractivity contribution in [1.29, 1.82) is 0 Å². The largest absolute Gasteiger partial charge is 0.456 e. The summed E-state index contributed by atoms with van der Waals surface area (Å²) in [7, 11) is 0. The van der Waals surface area contributed by atoms with E-state index in [-0.39, 0.29) is 0 Å². The van der Waals surface area contributed by atoms with Gasteiger partial charge in [0, 0.05) is 61.9 Å². The lowest BCUT2D eigenvalue weighted by Gasteiger charge is -2.26. The van der Waals surface area contributed by atoms with Crippen LogP contribution in [0.2, 0.25) is 0 Å². The van der Waals surface area contributed by atoms with Crippen molar-refractivity contribution in [2.45, 2.75) is 0 Å². The van der Waals surface area contributed by atoms with E-state index < -0.39 is 0 Å². The molecular formula is C53H31N5O3. The number of hydrogen-bond donors (Lipinski definition) is 0. The third-order valence-corrected chi connectivity index (χ3v) is 11.8. The molecule has 4 aromatic heterocycles. The molecule has 0 unspecified atom stereocenters. The summed E-state index contributed by atoms with van der Waals surface area (Å²) in [6, 6.07) is 64.4. The highest BCUT2D eigenvalue weighted by atomic mass is 16.3. The number of nitrogens with zero attached hydrogens (tertiary/aromatic N) is 5. The Bertz CT molecular complexity index is 3620. The van der Waals surface area contributed by atoms with Gasteiger partial charge in [-0.05, 0) is 71.4 Å². The van der Waals surface area contributed by atoms with Gasteiger partial charge in [0.2, 0.25) is 0 Å². The van der Waals surface area contributed by atoms with Crippen LogP contribution < -0.4 is 9.80 Å². The number of hydrogen-bond acceptors (Lipinski definition) is 8. The zero-order valence-electron chi connectivity index (χ0n) is 32.4. The molecule has 0 atom stereocenters. The molecule has 0 bridgehead atoms. The van der Waals surface area contributed by atoms with Crippen LogP contribution in [0.5, 0.6) is 0 Å². The molecule has 0 fully saturated rings. The maximum atomic E-state index is 6.67.